The number of pyridine rings is 1. The van der Waals surface area contributed by atoms with Crippen molar-refractivity contribution in [2.24, 2.45) is 7.05 Å². The summed E-state index contributed by atoms with van der Waals surface area (Å²) in [6, 6.07) is 15.1. The number of aliphatic hydroxyl groups is 1. The number of aromatic nitrogens is 3. The molecule has 2 heterocycles. The summed E-state index contributed by atoms with van der Waals surface area (Å²) in [4.78, 5) is 17.2. The molecule has 1 amide bonds. The topological polar surface area (TPSA) is 89.3 Å². The summed E-state index contributed by atoms with van der Waals surface area (Å²) in [5.41, 5.74) is 3.12. The molecule has 34 heavy (non-hydrogen) atoms. The first-order valence-corrected chi connectivity index (χ1v) is 11.7. The summed E-state index contributed by atoms with van der Waals surface area (Å²) >= 11 is 0. The van der Waals surface area contributed by atoms with Crippen molar-refractivity contribution in [3.8, 4) is 16.9 Å². The second-order valence-electron chi connectivity index (χ2n) is 8.77. The Hall–Kier alpha value is -3.71. The average Bonchev–Trinajstić information content (AvgIpc) is 3.25. The predicted octanol–water partition coefficient (Wildman–Crippen LogP) is 5.09. The van der Waals surface area contributed by atoms with Crippen LogP contribution in [0.1, 0.15) is 48.2 Å². The molecular formula is C27H28N4O3. The van der Waals surface area contributed by atoms with Crippen LogP contribution in [0.25, 0.3) is 21.9 Å². The van der Waals surface area contributed by atoms with Crippen LogP contribution in [0.2, 0.25) is 0 Å². The molecule has 0 atom stereocenters. The number of benzene rings is 2. The number of fused-ring (bicyclic) bond motifs is 1. The average molecular weight is 457 g/mol. The first-order valence-electron chi connectivity index (χ1n) is 11.7. The van der Waals surface area contributed by atoms with E-state index in [0.29, 0.717) is 11.4 Å². The highest BCUT2D eigenvalue weighted by Crippen LogP contribution is 2.28. The van der Waals surface area contributed by atoms with Crippen LogP contribution in [0, 0.1) is 0 Å². The number of nitrogens with one attached hydrogen (secondary N) is 1. The molecule has 174 valence electrons. The lowest BCUT2D eigenvalue weighted by atomic mass is 9.98. The lowest BCUT2D eigenvalue weighted by Gasteiger charge is -2.23. The molecule has 1 aliphatic rings. The van der Waals surface area contributed by atoms with Gasteiger partial charge in [-0.1, -0.05) is 18.6 Å². The predicted molar refractivity (Wildman–Crippen MR) is 132 cm³/mol. The molecule has 5 rings (SSSR count). The molecule has 2 aromatic heterocycles. The highest BCUT2D eigenvalue weighted by molar-refractivity contribution is 6.04. The SMILES string of the molecule is Cn1ncc(-c2ccc3cnc(NC(=O)c4ccc(OC5CCCCC5)cc4)cc3c2)c1CO. The van der Waals surface area contributed by atoms with Crippen molar-refractivity contribution < 1.29 is 14.6 Å². The maximum atomic E-state index is 12.8. The largest absolute Gasteiger partial charge is 0.490 e. The summed E-state index contributed by atoms with van der Waals surface area (Å²) in [6.45, 7) is -0.0913. The monoisotopic (exact) mass is 456 g/mol. The van der Waals surface area contributed by atoms with Crippen LogP contribution >= 0.6 is 0 Å². The molecule has 7 heteroatoms. The number of anilines is 1. The summed E-state index contributed by atoms with van der Waals surface area (Å²) in [5, 5.41) is 18.7. The summed E-state index contributed by atoms with van der Waals surface area (Å²) in [6.07, 6.45) is 9.69. The van der Waals surface area contributed by atoms with Gasteiger partial charge in [-0.05, 0) is 73.0 Å². The van der Waals surface area contributed by atoms with E-state index in [-0.39, 0.29) is 18.6 Å². The molecule has 0 radical (unpaired) electrons. The fourth-order valence-electron chi connectivity index (χ4n) is 4.52. The van der Waals surface area contributed by atoms with Crippen molar-refractivity contribution in [2.45, 2.75) is 44.8 Å². The molecule has 2 N–H and O–H groups in total. The van der Waals surface area contributed by atoms with Crippen LogP contribution in [0.4, 0.5) is 5.82 Å². The van der Waals surface area contributed by atoms with Crippen LogP contribution < -0.4 is 10.1 Å². The van der Waals surface area contributed by atoms with E-state index in [9.17, 15) is 9.90 Å². The van der Waals surface area contributed by atoms with Crippen molar-refractivity contribution in [3.05, 3.63) is 72.2 Å². The normalized spacial score (nSPS) is 14.3. The number of carbonyl (C=O) groups excluding carboxylic acids is 1. The van der Waals surface area contributed by atoms with E-state index >= 15 is 0 Å². The molecule has 7 nitrogen and oxygen atoms in total. The Labute approximate surface area is 198 Å². The molecule has 0 spiro atoms. The van der Waals surface area contributed by atoms with Gasteiger partial charge in [-0.3, -0.25) is 9.48 Å². The van der Waals surface area contributed by atoms with Gasteiger partial charge in [-0.15, -0.1) is 0 Å². The fourth-order valence-corrected chi connectivity index (χ4v) is 4.52. The van der Waals surface area contributed by atoms with Gasteiger partial charge < -0.3 is 15.2 Å². The van der Waals surface area contributed by atoms with Crippen molar-refractivity contribution in [1.29, 1.82) is 0 Å². The number of carbonyl (C=O) groups is 1. The molecule has 1 saturated carbocycles. The maximum Gasteiger partial charge on any atom is 0.256 e. The third-order valence-corrected chi connectivity index (χ3v) is 6.46. The molecule has 0 unspecified atom stereocenters. The molecule has 0 saturated heterocycles. The Bertz CT molecular complexity index is 1310. The quantitative estimate of drug-likeness (QED) is 0.422. The van der Waals surface area contributed by atoms with Crippen LogP contribution in [0.5, 0.6) is 5.75 Å². The number of rotatable bonds is 6. The minimum absolute atomic E-state index is 0.0913. The number of aryl methyl sites for hydroxylation is 1. The Morgan fingerprint density at radius 2 is 1.85 bits per heavy atom. The van der Waals surface area contributed by atoms with Crippen LogP contribution in [0.15, 0.2) is 60.9 Å². The standard InChI is InChI=1S/C27H28N4O3/c1-31-25(17-32)24(16-29-31)19-7-8-20-15-28-26(14-21(20)13-19)30-27(33)18-9-11-23(12-10-18)34-22-5-3-2-4-6-22/h7-16,22,32H,2-6,17H2,1H3,(H,28,30,33). The Balaban J connectivity index is 1.31. The molecule has 2 aromatic carbocycles. The Kier molecular flexibility index (Phi) is 6.27. The first-order chi connectivity index (χ1) is 16.6. The van der Waals surface area contributed by atoms with Crippen molar-refractivity contribution in [2.75, 3.05) is 5.32 Å². The lowest BCUT2D eigenvalue weighted by molar-refractivity contribution is 0.102. The van der Waals surface area contributed by atoms with Gasteiger partial charge in [0.2, 0.25) is 0 Å². The molecular weight excluding hydrogens is 428 g/mol. The lowest BCUT2D eigenvalue weighted by Crippen LogP contribution is -2.19. The van der Waals surface area contributed by atoms with Crippen molar-refractivity contribution >= 4 is 22.5 Å². The van der Waals surface area contributed by atoms with Gasteiger partial charge in [0, 0.05) is 29.8 Å². The third kappa shape index (κ3) is 4.65. The van der Waals surface area contributed by atoms with Gasteiger partial charge >= 0.3 is 0 Å². The van der Waals surface area contributed by atoms with Crippen LogP contribution in [0.3, 0.4) is 0 Å². The van der Waals surface area contributed by atoms with E-state index in [0.717, 1.165) is 46.2 Å². The molecule has 4 aromatic rings. The molecule has 1 fully saturated rings. The second-order valence-corrected chi connectivity index (χ2v) is 8.77. The first kappa shape index (κ1) is 22.1. The van der Waals surface area contributed by atoms with E-state index in [1.54, 1.807) is 29.2 Å². The minimum atomic E-state index is -0.220. The van der Waals surface area contributed by atoms with E-state index in [1.807, 2.05) is 43.4 Å². The van der Waals surface area contributed by atoms with Crippen molar-refractivity contribution in [3.63, 3.8) is 0 Å². The van der Waals surface area contributed by atoms with Gasteiger partial charge in [-0.2, -0.15) is 5.10 Å². The molecule has 0 bridgehead atoms. The van der Waals surface area contributed by atoms with E-state index in [4.69, 9.17) is 4.74 Å². The van der Waals surface area contributed by atoms with Gasteiger partial charge in [0.1, 0.15) is 11.6 Å². The zero-order valence-corrected chi connectivity index (χ0v) is 19.2. The number of aliphatic hydroxyl groups excluding tert-OH is 1. The van der Waals surface area contributed by atoms with Gasteiger partial charge in [0.15, 0.2) is 0 Å². The van der Waals surface area contributed by atoms with Crippen molar-refractivity contribution in [1.82, 2.24) is 14.8 Å². The highest BCUT2D eigenvalue weighted by Gasteiger charge is 2.15. The number of amides is 1. The summed E-state index contributed by atoms with van der Waals surface area (Å²) in [5.74, 6) is 1.06. The highest BCUT2D eigenvalue weighted by atomic mass is 16.5. The maximum absolute atomic E-state index is 12.8. The van der Waals surface area contributed by atoms with E-state index < -0.39 is 0 Å². The zero-order chi connectivity index (χ0) is 23.5. The van der Waals surface area contributed by atoms with Crippen LogP contribution in [-0.2, 0) is 13.7 Å². The zero-order valence-electron chi connectivity index (χ0n) is 19.2. The summed E-state index contributed by atoms with van der Waals surface area (Å²) in [7, 11) is 1.81. The van der Waals surface area contributed by atoms with E-state index in [1.165, 1.54) is 19.3 Å². The number of hydrogen-bond donors (Lipinski definition) is 2. The van der Waals surface area contributed by atoms with Gasteiger partial charge in [-0.25, -0.2) is 4.98 Å². The number of ether oxygens (including phenoxy) is 1. The van der Waals surface area contributed by atoms with Crippen LogP contribution in [-0.4, -0.2) is 31.9 Å². The fraction of sp³-hybridized carbons (Fsp3) is 0.296. The van der Waals surface area contributed by atoms with Gasteiger partial charge in [0.25, 0.3) is 5.91 Å². The van der Waals surface area contributed by atoms with Gasteiger partial charge in [0.05, 0.1) is 24.6 Å². The minimum Gasteiger partial charge on any atom is -0.490 e. The summed E-state index contributed by atoms with van der Waals surface area (Å²) < 4.78 is 7.73. The third-order valence-electron chi connectivity index (χ3n) is 6.46. The number of nitrogens with zero attached hydrogens (tertiary/aromatic N) is 3. The van der Waals surface area contributed by atoms with E-state index in [2.05, 4.69) is 15.4 Å². The Morgan fingerprint density at radius 3 is 2.62 bits per heavy atom. The smallest absolute Gasteiger partial charge is 0.256 e. The molecule has 0 aliphatic heterocycles. The Morgan fingerprint density at radius 1 is 1.06 bits per heavy atom. The number of hydrogen-bond acceptors (Lipinski definition) is 5. The second kappa shape index (κ2) is 9.65. The molecule has 1 aliphatic carbocycles.